The molecular formula is C14H17IN2O2S2. The van der Waals surface area contributed by atoms with Gasteiger partial charge in [0, 0.05) is 21.8 Å². The van der Waals surface area contributed by atoms with Crippen molar-refractivity contribution < 1.29 is 8.42 Å². The lowest BCUT2D eigenvalue weighted by Crippen LogP contribution is -2.21. The van der Waals surface area contributed by atoms with Gasteiger partial charge in [-0.2, -0.15) is 0 Å². The van der Waals surface area contributed by atoms with E-state index in [1.165, 1.54) is 11.3 Å². The van der Waals surface area contributed by atoms with Gasteiger partial charge in [0.1, 0.15) is 4.21 Å². The molecule has 2 N–H and O–H groups in total. The monoisotopic (exact) mass is 436 g/mol. The van der Waals surface area contributed by atoms with Gasteiger partial charge in [0.25, 0.3) is 10.0 Å². The van der Waals surface area contributed by atoms with Gasteiger partial charge in [0.05, 0.1) is 0 Å². The van der Waals surface area contributed by atoms with Gasteiger partial charge in [-0.1, -0.05) is 13.8 Å². The Kier molecular flexibility index (Phi) is 5.64. The van der Waals surface area contributed by atoms with E-state index in [1.807, 2.05) is 17.5 Å². The maximum absolute atomic E-state index is 12.3. The Morgan fingerprint density at radius 1 is 1.24 bits per heavy atom. The molecule has 0 atom stereocenters. The molecule has 0 spiro atoms. The van der Waals surface area contributed by atoms with Gasteiger partial charge < -0.3 is 5.32 Å². The van der Waals surface area contributed by atoms with E-state index in [-0.39, 0.29) is 0 Å². The maximum atomic E-state index is 12.3. The molecule has 0 saturated carbocycles. The van der Waals surface area contributed by atoms with Crippen LogP contribution in [-0.2, 0) is 16.6 Å². The highest BCUT2D eigenvalue weighted by Gasteiger charge is 2.17. The second kappa shape index (κ2) is 7.08. The summed E-state index contributed by atoms with van der Waals surface area (Å²) in [6, 6.07) is 9.34. The van der Waals surface area contributed by atoms with Gasteiger partial charge in [-0.3, -0.25) is 4.72 Å². The van der Waals surface area contributed by atoms with Crippen molar-refractivity contribution in [2.45, 2.75) is 30.6 Å². The molecule has 0 unspecified atom stereocenters. The van der Waals surface area contributed by atoms with E-state index >= 15 is 0 Å². The second-order valence-electron chi connectivity index (χ2n) is 4.92. The first-order valence-corrected chi connectivity index (χ1v) is 9.90. The first-order valence-electron chi connectivity index (χ1n) is 6.46. The van der Waals surface area contributed by atoms with Crippen LogP contribution in [0.4, 0.5) is 5.69 Å². The van der Waals surface area contributed by atoms with Crippen molar-refractivity contribution in [2.24, 2.45) is 0 Å². The molecule has 0 saturated heterocycles. The quantitative estimate of drug-likeness (QED) is 0.680. The lowest BCUT2D eigenvalue weighted by Gasteiger charge is -2.06. The van der Waals surface area contributed by atoms with E-state index in [4.69, 9.17) is 0 Å². The fourth-order valence-electron chi connectivity index (χ4n) is 1.63. The van der Waals surface area contributed by atoms with Gasteiger partial charge in [0.2, 0.25) is 0 Å². The summed E-state index contributed by atoms with van der Waals surface area (Å²) in [4.78, 5) is 0. The van der Waals surface area contributed by atoms with Crippen molar-refractivity contribution >= 4 is 49.6 Å². The Morgan fingerprint density at radius 2 is 1.90 bits per heavy atom. The molecule has 0 fully saturated rings. The van der Waals surface area contributed by atoms with E-state index < -0.39 is 10.0 Å². The van der Waals surface area contributed by atoms with Crippen molar-refractivity contribution in [3.8, 4) is 0 Å². The van der Waals surface area contributed by atoms with E-state index in [9.17, 15) is 8.42 Å². The lowest BCUT2D eigenvalue weighted by atomic mass is 10.3. The van der Waals surface area contributed by atoms with Crippen molar-refractivity contribution in [1.82, 2.24) is 5.32 Å². The van der Waals surface area contributed by atoms with Crippen LogP contribution in [0.25, 0.3) is 0 Å². The number of anilines is 1. The maximum Gasteiger partial charge on any atom is 0.271 e. The molecule has 4 nitrogen and oxygen atoms in total. The molecule has 0 radical (unpaired) electrons. The molecule has 0 bridgehead atoms. The van der Waals surface area contributed by atoms with Gasteiger partial charge in [-0.05, 0) is 63.9 Å². The SMILES string of the molecule is CC(C)NCc1csc(S(=O)(=O)Nc2ccc(I)cc2)c1. The van der Waals surface area contributed by atoms with E-state index in [0.717, 1.165) is 9.13 Å². The second-order valence-corrected chi connectivity index (χ2v) is 8.99. The number of benzene rings is 1. The first-order chi connectivity index (χ1) is 9.87. The molecule has 1 heterocycles. The van der Waals surface area contributed by atoms with Gasteiger partial charge >= 0.3 is 0 Å². The predicted octanol–water partition coefficient (Wildman–Crippen LogP) is 3.65. The van der Waals surface area contributed by atoms with Crippen LogP contribution in [-0.4, -0.2) is 14.5 Å². The lowest BCUT2D eigenvalue weighted by molar-refractivity contribution is 0.589. The molecule has 21 heavy (non-hydrogen) atoms. The Labute approximate surface area is 143 Å². The number of thiophene rings is 1. The van der Waals surface area contributed by atoms with Crippen LogP contribution in [0.3, 0.4) is 0 Å². The highest BCUT2D eigenvalue weighted by Crippen LogP contribution is 2.23. The van der Waals surface area contributed by atoms with Crippen LogP contribution in [0.2, 0.25) is 0 Å². The highest BCUT2D eigenvalue weighted by atomic mass is 127. The van der Waals surface area contributed by atoms with E-state index in [2.05, 4.69) is 46.5 Å². The van der Waals surface area contributed by atoms with Gasteiger partial charge in [-0.25, -0.2) is 8.42 Å². The van der Waals surface area contributed by atoms with Crippen LogP contribution >= 0.6 is 33.9 Å². The van der Waals surface area contributed by atoms with Crippen molar-refractivity contribution in [2.75, 3.05) is 4.72 Å². The van der Waals surface area contributed by atoms with Crippen molar-refractivity contribution in [3.05, 3.63) is 44.8 Å². The molecule has 0 aliphatic carbocycles. The number of hydrogen-bond acceptors (Lipinski definition) is 4. The molecular weight excluding hydrogens is 419 g/mol. The average molecular weight is 436 g/mol. The summed E-state index contributed by atoms with van der Waals surface area (Å²) in [7, 11) is -3.51. The minimum atomic E-state index is -3.51. The van der Waals surface area contributed by atoms with Gasteiger partial charge in [-0.15, -0.1) is 11.3 Å². The third kappa shape index (κ3) is 4.94. The van der Waals surface area contributed by atoms with Crippen molar-refractivity contribution in [1.29, 1.82) is 0 Å². The molecule has 7 heteroatoms. The fraction of sp³-hybridized carbons (Fsp3) is 0.286. The molecule has 1 aromatic heterocycles. The van der Waals surface area contributed by atoms with Crippen LogP contribution in [0.1, 0.15) is 19.4 Å². The molecule has 2 aromatic rings. The minimum Gasteiger partial charge on any atom is -0.310 e. The minimum absolute atomic E-state index is 0.335. The van der Waals surface area contributed by atoms with Crippen LogP contribution < -0.4 is 10.0 Å². The smallest absolute Gasteiger partial charge is 0.271 e. The normalized spacial score (nSPS) is 11.8. The Bertz CT molecular complexity index is 694. The Hall–Kier alpha value is -0.640. The molecule has 1 aromatic carbocycles. The predicted molar refractivity (Wildman–Crippen MR) is 96.3 cm³/mol. The Morgan fingerprint density at radius 3 is 2.52 bits per heavy atom. The van der Waals surface area contributed by atoms with E-state index in [1.54, 1.807) is 18.2 Å². The van der Waals surface area contributed by atoms with Gasteiger partial charge in [0.15, 0.2) is 0 Å². The molecule has 2 rings (SSSR count). The zero-order valence-electron chi connectivity index (χ0n) is 11.8. The molecule has 0 amide bonds. The number of rotatable bonds is 6. The summed E-state index contributed by atoms with van der Waals surface area (Å²) < 4.78 is 28.6. The summed E-state index contributed by atoms with van der Waals surface area (Å²) >= 11 is 3.42. The van der Waals surface area contributed by atoms with Crippen LogP contribution in [0.5, 0.6) is 0 Å². The summed E-state index contributed by atoms with van der Waals surface area (Å²) in [5.74, 6) is 0. The summed E-state index contributed by atoms with van der Waals surface area (Å²) in [6.07, 6.45) is 0. The third-order valence-corrected chi connectivity index (χ3v) is 6.29. The highest BCUT2D eigenvalue weighted by molar-refractivity contribution is 14.1. The fourth-order valence-corrected chi connectivity index (χ4v) is 4.26. The average Bonchev–Trinajstić information content (AvgIpc) is 2.88. The zero-order chi connectivity index (χ0) is 15.5. The number of halogens is 1. The summed E-state index contributed by atoms with van der Waals surface area (Å²) in [6.45, 7) is 4.79. The van der Waals surface area contributed by atoms with Crippen molar-refractivity contribution in [3.63, 3.8) is 0 Å². The first kappa shape index (κ1) is 16.7. The Balaban J connectivity index is 2.10. The summed E-state index contributed by atoms with van der Waals surface area (Å²) in [5.41, 5.74) is 1.56. The topological polar surface area (TPSA) is 58.2 Å². The largest absolute Gasteiger partial charge is 0.310 e. The number of sulfonamides is 1. The number of hydrogen-bond donors (Lipinski definition) is 2. The standard InChI is InChI=1S/C14H17IN2O2S2/c1-10(2)16-8-11-7-14(20-9-11)21(18,19)17-13-5-3-12(15)4-6-13/h3-7,9-10,16-17H,8H2,1-2H3. The molecule has 0 aliphatic heterocycles. The zero-order valence-corrected chi connectivity index (χ0v) is 15.6. The molecule has 114 valence electrons. The number of nitrogens with one attached hydrogen (secondary N) is 2. The summed E-state index contributed by atoms with van der Waals surface area (Å²) in [5, 5.41) is 5.15. The molecule has 0 aliphatic rings. The van der Waals surface area contributed by atoms with Crippen LogP contribution in [0, 0.1) is 3.57 Å². The van der Waals surface area contributed by atoms with E-state index in [0.29, 0.717) is 22.5 Å². The van der Waals surface area contributed by atoms with Crippen LogP contribution in [0.15, 0.2) is 39.9 Å². The third-order valence-electron chi connectivity index (χ3n) is 2.71.